The zero-order valence-electron chi connectivity index (χ0n) is 43.3. The maximum atomic E-state index is 13.3. The summed E-state index contributed by atoms with van der Waals surface area (Å²) in [4.78, 5) is 75.1. The molecule has 6 atom stereocenters. The molecule has 2 unspecified atom stereocenters. The van der Waals surface area contributed by atoms with Gasteiger partial charge in [-0.2, -0.15) is 4.98 Å². The number of nitrogens with two attached hydrogens (primary N) is 1. The molecule has 4 aromatic rings. The summed E-state index contributed by atoms with van der Waals surface area (Å²) in [5.74, 6) is -2.00. The predicted molar refractivity (Wildman–Crippen MR) is 277 cm³/mol. The first-order chi connectivity index (χ1) is 36.0. The average molecular weight is 1050 g/mol. The molecule has 2 aromatic heterocycles. The van der Waals surface area contributed by atoms with Gasteiger partial charge in [0.15, 0.2) is 5.82 Å². The summed E-state index contributed by atoms with van der Waals surface area (Å²) in [6.07, 6.45) is -1.25. The first-order valence-electron chi connectivity index (χ1n) is 25.7. The van der Waals surface area contributed by atoms with Crippen LogP contribution in [0.3, 0.4) is 0 Å². The lowest BCUT2D eigenvalue weighted by Crippen LogP contribution is -2.54. The zero-order chi connectivity index (χ0) is 54.0. The summed E-state index contributed by atoms with van der Waals surface area (Å²) in [6, 6.07) is 13.1. The number of rotatable bonds is 27. The van der Waals surface area contributed by atoms with Crippen LogP contribution >= 0.6 is 0 Å². The second-order valence-corrected chi connectivity index (χ2v) is 19.3. The molecule has 0 aliphatic carbocycles. The molecule has 10 N–H and O–H groups in total. The Kier molecular flexibility index (Phi) is 21.8. The van der Waals surface area contributed by atoms with E-state index in [0.717, 1.165) is 53.8 Å². The highest BCUT2D eigenvalue weighted by Gasteiger charge is 2.39. The van der Waals surface area contributed by atoms with Gasteiger partial charge in [-0.05, 0) is 59.7 Å². The molecule has 2 aliphatic heterocycles. The fraction of sp³-hybridized carbons (Fsp3) is 0.558. The van der Waals surface area contributed by atoms with Crippen molar-refractivity contribution in [1.82, 2.24) is 35.0 Å². The van der Waals surface area contributed by atoms with Crippen molar-refractivity contribution in [1.29, 1.82) is 0 Å². The highest BCUT2D eigenvalue weighted by Crippen LogP contribution is 2.31. The number of unbranched alkanes of at least 4 members (excludes halogenated alkanes) is 2. The molecule has 2 aliphatic rings. The number of aliphatic hydroxyl groups excluding tert-OH is 3. The summed E-state index contributed by atoms with van der Waals surface area (Å²) >= 11 is 0. The number of aryl methyl sites for hydroxylation is 1. The van der Waals surface area contributed by atoms with E-state index in [1.54, 1.807) is 30.9 Å². The number of carbonyl (C=O) groups excluding carboxylic acids is 4. The van der Waals surface area contributed by atoms with Crippen LogP contribution in [0.15, 0.2) is 48.7 Å². The topological polar surface area (TPSA) is 315 Å². The second-order valence-electron chi connectivity index (χ2n) is 19.3. The van der Waals surface area contributed by atoms with E-state index in [2.05, 4.69) is 72.7 Å². The quantitative estimate of drug-likeness (QED) is 0.0388. The highest BCUT2D eigenvalue weighted by atomic mass is 16.7. The van der Waals surface area contributed by atoms with Crippen molar-refractivity contribution < 1.29 is 63.3 Å². The number of nitrogens with zero attached hydrogens (tertiary/aromatic N) is 5. The van der Waals surface area contributed by atoms with Gasteiger partial charge in [0.25, 0.3) is 0 Å². The molecule has 0 spiro atoms. The van der Waals surface area contributed by atoms with Gasteiger partial charge >= 0.3 is 12.1 Å². The lowest BCUT2D eigenvalue weighted by atomic mass is 10.0. The van der Waals surface area contributed by atoms with Gasteiger partial charge in [0.1, 0.15) is 36.2 Å². The number of aliphatic hydroxyl groups is 3. The van der Waals surface area contributed by atoms with Crippen LogP contribution in [0.4, 0.5) is 22.2 Å². The Labute approximate surface area is 436 Å². The number of carboxylic acid groups (broad SMARTS) is 1. The molecule has 4 amide bonds. The van der Waals surface area contributed by atoms with Crippen LogP contribution in [0.5, 0.6) is 5.75 Å². The van der Waals surface area contributed by atoms with Crippen molar-refractivity contribution in [3.8, 4) is 5.75 Å². The Hall–Kier alpha value is -6.63. The fourth-order valence-corrected chi connectivity index (χ4v) is 8.68. The fourth-order valence-electron chi connectivity index (χ4n) is 8.68. The molecule has 23 nitrogen and oxygen atoms in total. The van der Waals surface area contributed by atoms with Gasteiger partial charge in [0.2, 0.25) is 30.0 Å². The molecule has 2 saturated heterocycles. The second kappa shape index (κ2) is 28.3. The van der Waals surface area contributed by atoms with Gasteiger partial charge in [0.05, 0.1) is 36.9 Å². The van der Waals surface area contributed by atoms with E-state index in [4.69, 9.17) is 29.8 Å². The number of hydrogen-bond donors (Lipinski definition) is 9. The Bertz CT molecular complexity index is 2550. The predicted octanol–water partition coefficient (Wildman–Crippen LogP) is 2.96. The van der Waals surface area contributed by atoms with Crippen LogP contribution in [0, 0.1) is 18.8 Å². The first kappa shape index (κ1) is 57.6. The SMILES string of the molecule is CCCCCNc1nc(N)nc2ccn(Cc3ccc(CN4CCN(C(=O)OCc5ccc(O[C@@H]6OC[C@@H](O)[C@H](O)[C@H]6O)c(NC(=O)CCNC(=O)C(C)COCCNC(=O)CC(C)CC(=O)O)c5)CC4)cc3C)c12. The molecule has 0 radical (unpaired) electrons. The van der Waals surface area contributed by atoms with Crippen molar-refractivity contribution in [3.63, 3.8) is 0 Å². The van der Waals surface area contributed by atoms with Gasteiger partial charge in [0, 0.05) is 84.4 Å². The average Bonchev–Trinajstić information content (AvgIpc) is 3.77. The van der Waals surface area contributed by atoms with E-state index in [-0.39, 0.29) is 93.9 Å². The third-order valence-corrected chi connectivity index (χ3v) is 13.0. The maximum Gasteiger partial charge on any atom is 0.410 e. The number of nitrogen functional groups attached to an aromatic ring is 1. The number of ether oxygens (including phenoxy) is 4. The number of carbonyl (C=O) groups is 5. The zero-order valence-corrected chi connectivity index (χ0v) is 43.3. The minimum Gasteiger partial charge on any atom is -0.481 e. The summed E-state index contributed by atoms with van der Waals surface area (Å²) in [5.41, 5.74) is 11.9. The summed E-state index contributed by atoms with van der Waals surface area (Å²) in [6.45, 7) is 11.8. The van der Waals surface area contributed by atoms with Crippen LogP contribution < -0.4 is 31.7 Å². The Morgan fingerprint density at radius 3 is 2.40 bits per heavy atom. The standard InChI is InChI=1S/C52H74N10O13/c1-5-6-7-14-55-48-45-38(58-51(53)59-48)13-17-62(45)28-37-10-8-35(25-33(37)3)27-60-18-20-61(21-19-60)52(71)74-30-36-9-11-41(75-50-47(69)46(68)40(63)31-73-50)39(26-36)57-42(64)12-15-56-49(70)34(4)29-72-22-16-54-43(65)23-32(2)24-44(66)67/h8-11,13,17,25-26,32,34,40,46-47,50,63,68-69H,5-7,12,14-16,18-24,27-31H2,1-4H3,(H,54,65)(H,56,70)(H,57,64)(H,66,67)(H3,53,55,58,59)/t32?,34?,40-,46+,47-,50+/m1/s1. The molecule has 23 heteroatoms. The Morgan fingerprint density at radius 1 is 0.880 bits per heavy atom. The van der Waals surface area contributed by atoms with E-state index < -0.39 is 48.5 Å². The van der Waals surface area contributed by atoms with Crippen molar-refractivity contribution >= 4 is 58.3 Å². The summed E-state index contributed by atoms with van der Waals surface area (Å²) in [7, 11) is 0. The number of anilines is 3. The van der Waals surface area contributed by atoms with Gasteiger partial charge in [-0.3, -0.25) is 24.1 Å². The number of aromatic nitrogens is 3. The maximum absolute atomic E-state index is 13.3. The molecule has 6 rings (SSSR count). The van der Waals surface area contributed by atoms with Crippen LogP contribution in [-0.2, 0) is 53.1 Å². The van der Waals surface area contributed by atoms with E-state index >= 15 is 0 Å². The van der Waals surface area contributed by atoms with Crippen molar-refractivity contribution in [2.24, 2.45) is 11.8 Å². The number of benzene rings is 2. The number of piperazine rings is 1. The molecule has 2 aromatic carbocycles. The number of carboxylic acids is 1. The number of aliphatic carboxylic acids is 1. The minimum absolute atomic E-state index is 0.0287. The third-order valence-electron chi connectivity index (χ3n) is 13.0. The largest absolute Gasteiger partial charge is 0.481 e. The number of nitrogens with one attached hydrogen (secondary N) is 4. The van der Waals surface area contributed by atoms with E-state index in [1.807, 2.05) is 12.3 Å². The first-order valence-corrected chi connectivity index (χ1v) is 25.7. The monoisotopic (exact) mass is 1050 g/mol. The van der Waals surface area contributed by atoms with E-state index in [1.165, 1.54) is 11.6 Å². The normalized spacial score (nSPS) is 18.7. The molecule has 410 valence electrons. The van der Waals surface area contributed by atoms with Crippen LogP contribution in [-0.4, -0.2) is 165 Å². The number of hydrogen-bond acceptors (Lipinski definition) is 17. The van der Waals surface area contributed by atoms with E-state index in [9.17, 15) is 39.3 Å². The van der Waals surface area contributed by atoms with Crippen molar-refractivity contribution in [2.75, 3.05) is 82.0 Å². The molecule has 75 heavy (non-hydrogen) atoms. The van der Waals surface area contributed by atoms with Crippen molar-refractivity contribution in [3.05, 3.63) is 70.9 Å². The molecular formula is C52H74N10O13. The summed E-state index contributed by atoms with van der Waals surface area (Å²) < 4.78 is 24.7. The van der Waals surface area contributed by atoms with Crippen molar-refractivity contribution in [2.45, 2.75) is 111 Å². The van der Waals surface area contributed by atoms with Gasteiger partial charge in [-0.15, -0.1) is 0 Å². The van der Waals surface area contributed by atoms with Crippen LogP contribution in [0.1, 0.15) is 81.5 Å². The molecule has 0 bridgehead atoms. The molecule has 2 fully saturated rings. The smallest absolute Gasteiger partial charge is 0.410 e. The van der Waals surface area contributed by atoms with E-state index in [0.29, 0.717) is 44.8 Å². The number of fused-ring (bicyclic) bond motifs is 1. The highest BCUT2D eigenvalue weighted by molar-refractivity contribution is 5.93. The van der Waals surface area contributed by atoms with Gasteiger partial charge in [-0.1, -0.05) is 57.9 Å². The molecule has 4 heterocycles. The van der Waals surface area contributed by atoms with Gasteiger partial charge in [-0.25, -0.2) is 9.78 Å². The lowest BCUT2D eigenvalue weighted by molar-refractivity contribution is -0.241. The van der Waals surface area contributed by atoms with Crippen LogP contribution in [0.25, 0.3) is 11.0 Å². The Morgan fingerprint density at radius 2 is 1.65 bits per heavy atom. The lowest BCUT2D eigenvalue weighted by Gasteiger charge is -2.35. The molecular weight excluding hydrogens is 973 g/mol. The third kappa shape index (κ3) is 17.5. The Balaban J connectivity index is 0.964. The number of amides is 4. The minimum atomic E-state index is -1.61. The van der Waals surface area contributed by atoms with Gasteiger partial charge < -0.3 is 75.8 Å². The van der Waals surface area contributed by atoms with Crippen LogP contribution in [0.2, 0.25) is 0 Å². The molecule has 0 saturated carbocycles. The summed E-state index contributed by atoms with van der Waals surface area (Å²) in [5, 5.41) is 51.2.